The van der Waals surface area contributed by atoms with Crippen LogP contribution >= 0.6 is 0 Å². The summed E-state index contributed by atoms with van der Waals surface area (Å²) in [6, 6.07) is 12.8. The van der Waals surface area contributed by atoms with Gasteiger partial charge in [0.15, 0.2) is 0 Å². The second-order valence-corrected chi connectivity index (χ2v) is 10.4. The second-order valence-electron chi connectivity index (χ2n) is 8.94. The molecule has 36 heavy (non-hydrogen) atoms. The van der Waals surface area contributed by atoms with Crippen molar-refractivity contribution >= 4 is 28.4 Å². The number of urea groups is 1. The van der Waals surface area contributed by atoms with E-state index in [2.05, 4.69) is 27.4 Å². The Balaban J connectivity index is 1.50. The number of morpholine rings is 1. The Morgan fingerprint density at radius 2 is 1.86 bits per heavy atom. The predicted molar refractivity (Wildman–Crippen MR) is 140 cm³/mol. The number of ether oxygens (including phenoxy) is 1. The molecule has 1 aliphatic carbocycles. The molecule has 2 aliphatic rings. The lowest BCUT2D eigenvalue weighted by Gasteiger charge is -2.30. The van der Waals surface area contributed by atoms with E-state index < -0.39 is 10.8 Å². The van der Waals surface area contributed by atoms with Crippen molar-refractivity contribution in [3.63, 3.8) is 0 Å². The highest BCUT2D eigenvalue weighted by atomic mass is 32.2. The number of amides is 2. The molecule has 1 saturated heterocycles. The van der Waals surface area contributed by atoms with Crippen molar-refractivity contribution in [3.05, 3.63) is 71.7 Å². The van der Waals surface area contributed by atoms with E-state index in [1.165, 1.54) is 24.3 Å². The third kappa shape index (κ3) is 7.71. The molecule has 4 N–H and O–H groups in total. The number of carbonyl (C=O) groups excluding carboxylic acids is 1. The van der Waals surface area contributed by atoms with Crippen LogP contribution in [0.1, 0.15) is 25.3 Å². The highest BCUT2D eigenvalue weighted by molar-refractivity contribution is 7.85. The van der Waals surface area contributed by atoms with Gasteiger partial charge in [-0.15, -0.1) is 0 Å². The van der Waals surface area contributed by atoms with Gasteiger partial charge in [0.1, 0.15) is 11.7 Å². The number of amidine groups is 1. The van der Waals surface area contributed by atoms with Gasteiger partial charge in [-0.05, 0) is 74.4 Å². The van der Waals surface area contributed by atoms with Gasteiger partial charge in [-0.3, -0.25) is 9.11 Å². The van der Waals surface area contributed by atoms with Crippen LogP contribution in [0, 0.1) is 5.82 Å². The van der Waals surface area contributed by atoms with Crippen molar-refractivity contribution in [1.29, 1.82) is 0 Å². The average Bonchev–Trinajstić information content (AvgIpc) is 3.69. The number of carbonyl (C=O) groups is 1. The number of anilines is 1. The molecule has 1 saturated carbocycles. The first-order chi connectivity index (χ1) is 17.4. The molecule has 0 radical (unpaired) electrons. The lowest BCUT2D eigenvalue weighted by molar-refractivity contribution is 0.0285. The van der Waals surface area contributed by atoms with E-state index in [0.717, 1.165) is 25.9 Å². The molecule has 10 heteroatoms. The number of benzene rings is 2. The Kier molecular flexibility index (Phi) is 8.84. The van der Waals surface area contributed by atoms with Crippen LogP contribution in [0.5, 0.6) is 0 Å². The molecule has 8 nitrogen and oxygen atoms in total. The van der Waals surface area contributed by atoms with Gasteiger partial charge in [0.05, 0.1) is 35.5 Å². The number of halogens is 1. The fourth-order valence-corrected chi connectivity index (χ4v) is 4.85. The standard InChI is InChI=1S/C26H32FN5O3S/c1-18(32-12-14-35-15-13-32)16-23(17-36(34)24-10-4-20(27)5-11-24)29-25(28)19-2-6-21(7-3-19)30-26(33)31-22-8-9-22/h2-7,10-11,16,18,22H,8-9,12-15,17H2,1H3,(H2,28,29)(H2,30,31,33)/b23-16-. The summed E-state index contributed by atoms with van der Waals surface area (Å²) < 4.78 is 31.8. The Bertz CT molecular complexity index is 1130. The van der Waals surface area contributed by atoms with E-state index in [0.29, 0.717) is 35.1 Å². The minimum atomic E-state index is -1.42. The quantitative estimate of drug-likeness (QED) is 0.352. The summed E-state index contributed by atoms with van der Waals surface area (Å²) in [4.78, 5) is 19.4. The van der Waals surface area contributed by atoms with Crippen molar-refractivity contribution < 1.29 is 18.1 Å². The van der Waals surface area contributed by atoms with Crippen LogP contribution in [-0.2, 0) is 15.5 Å². The fourth-order valence-electron chi connectivity index (χ4n) is 3.81. The number of aliphatic imine (C=N–C) groups is 1. The van der Waals surface area contributed by atoms with Gasteiger partial charge in [-0.25, -0.2) is 14.2 Å². The zero-order valence-electron chi connectivity index (χ0n) is 20.3. The molecule has 2 aromatic carbocycles. The van der Waals surface area contributed by atoms with E-state index in [4.69, 9.17) is 10.5 Å². The first-order valence-electron chi connectivity index (χ1n) is 12.1. The highest BCUT2D eigenvalue weighted by Crippen LogP contribution is 2.19. The van der Waals surface area contributed by atoms with Crippen molar-refractivity contribution in [2.75, 3.05) is 37.4 Å². The van der Waals surface area contributed by atoms with E-state index in [1.54, 1.807) is 24.3 Å². The van der Waals surface area contributed by atoms with Gasteiger partial charge in [-0.1, -0.05) is 0 Å². The number of hydrogen-bond donors (Lipinski definition) is 3. The number of nitrogens with two attached hydrogens (primary N) is 1. The minimum Gasteiger partial charge on any atom is -0.383 e. The molecule has 4 rings (SSSR count). The van der Waals surface area contributed by atoms with Crippen molar-refractivity contribution in [3.8, 4) is 0 Å². The molecular formula is C26H32FN5O3S. The van der Waals surface area contributed by atoms with Gasteiger partial charge >= 0.3 is 6.03 Å². The van der Waals surface area contributed by atoms with Gasteiger partial charge in [-0.2, -0.15) is 0 Å². The maximum Gasteiger partial charge on any atom is 0.319 e. The number of hydrogen-bond acceptors (Lipinski definition) is 5. The van der Waals surface area contributed by atoms with E-state index in [1.807, 2.05) is 6.08 Å². The largest absolute Gasteiger partial charge is 0.383 e. The molecule has 0 spiro atoms. The Labute approximate surface area is 213 Å². The Hall–Kier alpha value is -3.08. The molecule has 0 bridgehead atoms. The molecule has 1 heterocycles. The summed E-state index contributed by atoms with van der Waals surface area (Å²) in [7, 11) is -1.42. The van der Waals surface area contributed by atoms with Crippen LogP contribution in [0.25, 0.3) is 0 Å². The summed E-state index contributed by atoms with van der Waals surface area (Å²) in [6.07, 6.45) is 4.01. The maximum atomic E-state index is 13.3. The van der Waals surface area contributed by atoms with E-state index >= 15 is 0 Å². The Morgan fingerprint density at radius 3 is 2.50 bits per heavy atom. The van der Waals surface area contributed by atoms with Crippen molar-refractivity contribution in [2.24, 2.45) is 10.7 Å². The van der Waals surface area contributed by atoms with Gasteiger partial charge in [0, 0.05) is 41.3 Å². The van der Waals surface area contributed by atoms with Gasteiger partial charge in [0.25, 0.3) is 0 Å². The summed E-state index contributed by atoms with van der Waals surface area (Å²) in [5.41, 5.74) is 8.25. The zero-order valence-corrected chi connectivity index (χ0v) is 21.1. The van der Waals surface area contributed by atoms with Crippen LogP contribution in [0.15, 0.2) is 70.2 Å². The van der Waals surface area contributed by atoms with Crippen LogP contribution in [0.3, 0.4) is 0 Å². The summed E-state index contributed by atoms with van der Waals surface area (Å²) in [6.45, 7) is 4.99. The molecule has 1 aliphatic heterocycles. The summed E-state index contributed by atoms with van der Waals surface area (Å²) >= 11 is 0. The monoisotopic (exact) mass is 513 g/mol. The molecule has 2 atom stereocenters. The zero-order chi connectivity index (χ0) is 25.5. The normalized spacial score (nSPS) is 18.9. The highest BCUT2D eigenvalue weighted by Gasteiger charge is 2.23. The second kappa shape index (κ2) is 12.2. The fraction of sp³-hybridized carbons (Fsp3) is 0.385. The first kappa shape index (κ1) is 26.0. The van der Waals surface area contributed by atoms with Crippen LogP contribution < -0.4 is 16.4 Å². The Morgan fingerprint density at radius 1 is 1.19 bits per heavy atom. The van der Waals surface area contributed by atoms with E-state index in [9.17, 15) is 13.4 Å². The smallest absolute Gasteiger partial charge is 0.319 e. The van der Waals surface area contributed by atoms with Gasteiger partial charge in [0.2, 0.25) is 0 Å². The lowest BCUT2D eigenvalue weighted by Crippen LogP contribution is -2.41. The summed E-state index contributed by atoms with van der Waals surface area (Å²) in [5, 5.41) is 5.68. The van der Waals surface area contributed by atoms with Crippen molar-refractivity contribution in [1.82, 2.24) is 10.2 Å². The number of nitrogens with one attached hydrogen (secondary N) is 2. The SMILES string of the molecule is CC(/C=C(/CS(=O)c1ccc(F)cc1)N=C(N)c1ccc(NC(=O)NC2CC2)cc1)N1CCOCC1. The molecular weight excluding hydrogens is 481 g/mol. The minimum absolute atomic E-state index is 0.0437. The topological polar surface area (TPSA) is 109 Å². The number of nitrogens with zero attached hydrogens (tertiary/aromatic N) is 2. The van der Waals surface area contributed by atoms with Crippen molar-refractivity contribution in [2.45, 2.75) is 36.7 Å². The molecule has 2 aromatic rings. The average molecular weight is 514 g/mol. The van der Waals surface area contributed by atoms with Crippen LogP contribution in [0.2, 0.25) is 0 Å². The predicted octanol–water partition coefficient (Wildman–Crippen LogP) is 3.23. The van der Waals surface area contributed by atoms with Crippen LogP contribution in [0.4, 0.5) is 14.9 Å². The van der Waals surface area contributed by atoms with E-state index in [-0.39, 0.29) is 35.5 Å². The molecule has 2 unspecified atom stereocenters. The third-order valence-electron chi connectivity index (χ3n) is 6.03. The van der Waals surface area contributed by atoms with Gasteiger partial charge < -0.3 is 21.1 Å². The first-order valence-corrected chi connectivity index (χ1v) is 13.4. The summed E-state index contributed by atoms with van der Waals surface area (Å²) in [5.74, 6) is 0.0420. The maximum absolute atomic E-state index is 13.3. The third-order valence-corrected chi connectivity index (χ3v) is 7.38. The molecule has 2 amide bonds. The number of rotatable bonds is 9. The molecule has 192 valence electrons. The lowest BCUT2D eigenvalue weighted by atomic mass is 10.2. The van der Waals surface area contributed by atoms with Crippen LogP contribution in [-0.4, -0.2) is 65.1 Å². The molecule has 2 fully saturated rings. The molecule has 0 aromatic heterocycles.